The first-order chi connectivity index (χ1) is 19.2. The molecule has 1 aliphatic carbocycles. The molecule has 1 saturated carbocycles. The van der Waals surface area contributed by atoms with Crippen molar-refractivity contribution in [1.82, 2.24) is 24.5 Å². The average Bonchev–Trinajstić information content (AvgIpc) is 3.54. The number of hydrogen-bond acceptors (Lipinski definition) is 9. The Morgan fingerprint density at radius 2 is 1.98 bits per heavy atom. The van der Waals surface area contributed by atoms with Crippen LogP contribution in [0, 0.1) is 5.82 Å². The number of sulfone groups is 1. The Hall–Kier alpha value is -3.55. The number of pyridine rings is 1. The van der Waals surface area contributed by atoms with Crippen LogP contribution >= 0.6 is 0 Å². The van der Waals surface area contributed by atoms with Crippen molar-refractivity contribution in [3.05, 3.63) is 48.7 Å². The summed E-state index contributed by atoms with van der Waals surface area (Å²) in [6, 6.07) is 5.79. The fraction of sp³-hybridized carbons (Fsp3) is 0.444. The van der Waals surface area contributed by atoms with Gasteiger partial charge in [-0.25, -0.2) is 17.8 Å². The molecular weight excluding hydrogens is 539 g/mol. The molecule has 3 heterocycles. The molecule has 1 aromatic carbocycles. The zero-order valence-corrected chi connectivity index (χ0v) is 23.2. The van der Waals surface area contributed by atoms with Crippen LogP contribution in [0.15, 0.2) is 47.8 Å². The minimum Gasteiger partial charge on any atom is -0.487 e. The van der Waals surface area contributed by atoms with E-state index in [1.54, 1.807) is 23.3 Å². The predicted molar refractivity (Wildman–Crippen MR) is 147 cm³/mol. The highest BCUT2D eigenvalue weighted by molar-refractivity contribution is 7.90. The third-order valence-electron chi connectivity index (χ3n) is 7.08. The van der Waals surface area contributed by atoms with Crippen LogP contribution < -0.4 is 10.1 Å². The number of fused-ring (bicyclic) bond motifs is 1. The van der Waals surface area contributed by atoms with Crippen LogP contribution in [0.3, 0.4) is 0 Å². The lowest BCUT2D eigenvalue weighted by atomic mass is 9.93. The normalized spacial score (nSPS) is 18.6. The molecule has 1 aliphatic rings. The number of nitrogens with one attached hydrogen (secondary N) is 1. The molecular formula is C27H33FN6O5S. The zero-order valence-electron chi connectivity index (χ0n) is 22.4. The third kappa shape index (κ3) is 5.96. The largest absolute Gasteiger partial charge is 0.487 e. The van der Waals surface area contributed by atoms with Gasteiger partial charge in [0.2, 0.25) is 0 Å². The summed E-state index contributed by atoms with van der Waals surface area (Å²) in [6.45, 7) is 2.54. The minimum absolute atomic E-state index is 0.0485. The number of aromatic nitrogens is 5. The van der Waals surface area contributed by atoms with Crippen molar-refractivity contribution >= 4 is 26.6 Å². The number of nitrogens with zero attached hydrogens (tertiary/aromatic N) is 5. The molecule has 11 nitrogen and oxygen atoms in total. The summed E-state index contributed by atoms with van der Waals surface area (Å²) in [7, 11) is -3.50. The van der Waals surface area contributed by atoms with Gasteiger partial charge in [0, 0.05) is 42.2 Å². The topological polar surface area (TPSA) is 144 Å². The van der Waals surface area contributed by atoms with Crippen molar-refractivity contribution < 1.29 is 27.8 Å². The Labute approximate surface area is 231 Å². The summed E-state index contributed by atoms with van der Waals surface area (Å²) in [6.07, 6.45) is 8.06. The second-order valence-corrected chi connectivity index (χ2v) is 12.1. The monoisotopic (exact) mass is 572 g/mol. The number of ether oxygens (including phenoxy) is 1. The molecule has 0 aliphatic heterocycles. The molecule has 0 spiro atoms. The summed E-state index contributed by atoms with van der Waals surface area (Å²) in [5.41, 5.74) is 2.43. The number of aliphatic hydroxyl groups is 2. The molecule has 1 atom stereocenters. The lowest BCUT2D eigenvalue weighted by Gasteiger charge is -2.29. The van der Waals surface area contributed by atoms with E-state index in [0.717, 1.165) is 59.7 Å². The van der Waals surface area contributed by atoms with Crippen LogP contribution in [-0.2, 0) is 16.4 Å². The Kier molecular flexibility index (Phi) is 8.06. The first-order valence-electron chi connectivity index (χ1n) is 13.3. The van der Waals surface area contributed by atoms with E-state index < -0.39 is 21.8 Å². The number of hydrogen-bond donors (Lipinski definition) is 3. The van der Waals surface area contributed by atoms with Gasteiger partial charge in [-0.15, -0.1) is 0 Å². The first-order valence-corrected chi connectivity index (χ1v) is 15.2. The minimum atomic E-state index is -3.50. The number of benzene rings is 1. The van der Waals surface area contributed by atoms with Crippen molar-refractivity contribution in [3.63, 3.8) is 0 Å². The van der Waals surface area contributed by atoms with Gasteiger partial charge in [-0.2, -0.15) is 10.2 Å². The van der Waals surface area contributed by atoms with E-state index in [9.17, 15) is 17.9 Å². The van der Waals surface area contributed by atoms with Crippen LogP contribution in [0.1, 0.15) is 38.6 Å². The maximum absolute atomic E-state index is 14.6. The molecule has 13 heteroatoms. The molecule has 3 aromatic heterocycles. The van der Waals surface area contributed by atoms with Crippen LogP contribution in [-0.4, -0.2) is 74.8 Å². The van der Waals surface area contributed by atoms with Crippen LogP contribution in [0.5, 0.6) is 5.75 Å². The van der Waals surface area contributed by atoms with E-state index in [1.807, 2.05) is 17.7 Å². The number of halogens is 1. The van der Waals surface area contributed by atoms with E-state index in [-0.39, 0.29) is 35.9 Å². The van der Waals surface area contributed by atoms with Gasteiger partial charge in [0.1, 0.15) is 11.5 Å². The van der Waals surface area contributed by atoms with Crippen molar-refractivity contribution in [2.75, 3.05) is 24.7 Å². The van der Waals surface area contributed by atoms with Crippen molar-refractivity contribution in [3.8, 4) is 17.0 Å². The van der Waals surface area contributed by atoms with Gasteiger partial charge in [-0.05, 0) is 50.8 Å². The van der Waals surface area contributed by atoms with Gasteiger partial charge in [-0.3, -0.25) is 9.36 Å². The molecule has 0 unspecified atom stereocenters. The molecule has 0 bridgehead atoms. The molecule has 0 amide bonds. The molecule has 4 aromatic rings. The Morgan fingerprint density at radius 3 is 2.65 bits per heavy atom. The number of rotatable bonds is 10. The van der Waals surface area contributed by atoms with E-state index in [1.165, 1.54) is 12.1 Å². The summed E-state index contributed by atoms with van der Waals surface area (Å²) >= 11 is 0. The summed E-state index contributed by atoms with van der Waals surface area (Å²) < 4.78 is 47.5. The van der Waals surface area contributed by atoms with Gasteiger partial charge < -0.3 is 20.3 Å². The predicted octanol–water partition coefficient (Wildman–Crippen LogP) is 3.19. The van der Waals surface area contributed by atoms with Crippen molar-refractivity contribution in [2.24, 2.45) is 0 Å². The number of anilines is 1. The van der Waals surface area contributed by atoms with Crippen LogP contribution in [0.4, 0.5) is 10.2 Å². The van der Waals surface area contributed by atoms with E-state index in [0.29, 0.717) is 12.8 Å². The summed E-state index contributed by atoms with van der Waals surface area (Å²) in [5, 5.41) is 32.4. The summed E-state index contributed by atoms with van der Waals surface area (Å²) in [5.74, 6) is 0.102. The van der Waals surface area contributed by atoms with E-state index in [2.05, 4.69) is 15.4 Å². The highest BCUT2D eigenvalue weighted by Gasteiger charge is 2.28. The quantitative estimate of drug-likeness (QED) is 0.261. The van der Waals surface area contributed by atoms with Gasteiger partial charge in [-0.1, -0.05) is 0 Å². The Bertz CT molecular complexity index is 1600. The molecule has 214 valence electrons. The molecule has 1 fully saturated rings. The fourth-order valence-corrected chi connectivity index (χ4v) is 5.69. The standard InChI is InChI=1S/C27H33FN6O5S/c1-3-29-26-11-24-22(13-30-26)27(17-12-31-33(14-17)15-19(36)16-35)32-34(24)18-4-6-20(7-5-18)39-25-9-8-21(10-23(25)28)40(2,37)38/h8-14,18-20,35-36H,3-7,15-16H2,1-2H3,(H,29,30)/t18?,19-,20?/m1/s1. The molecule has 3 N–H and O–H groups in total. The van der Waals surface area contributed by atoms with Crippen molar-refractivity contribution in [2.45, 2.75) is 62.3 Å². The number of aliphatic hydroxyl groups excluding tert-OH is 2. The third-order valence-corrected chi connectivity index (χ3v) is 8.19. The van der Waals surface area contributed by atoms with Crippen LogP contribution in [0.25, 0.3) is 22.2 Å². The second-order valence-electron chi connectivity index (χ2n) is 10.1. The maximum Gasteiger partial charge on any atom is 0.175 e. The molecule has 40 heavy (non-hydrogen) atoms. The molecule has 0 saturated heterocycles. The SMILES string of the molecule is CCNc1cc2c(cn1)c(-c1cnn(C[C@@H](O)CO)c1)nn2C1CCC(Oc2ccc(S(C)(=O)=O)cc2F)CC1. The lowest BCUT2D eigenvalue weighted by molar-refractivity contribution is 0.0783. The average molecular weight is 573 g/mol. The highest BCUT2D eigenvalue weighted by Crippen LogP contribution is 2.37. The van der Waals surface area contributed by atoms with Gasteiger partial charge in [0.15, 0.2) is 21.4 Å². The second kappa shape index (κ2) is 11.5. The van der Waals surface area contributed by atoms with Gasteiger partial charge in [0.25, 0.3) is 0 Å². The van der Waals surface area contributed by atoms with Crippen molar-refractivity contribution in [1.29, 1.82) is 0 Å². The van der Waals surface area contributed by atoms with E-state index >= 15 is 0 Å². The fourth-order valence-electron chi connectivity index (χ4n) is 5.06. The lowest BCUT2D eigenvalue weighted by Crippen LogP contribution is -2.26. The Balaban J connectivity index is 1.37. The highest BCUT2D eigenvalue weighted by atomic mass is 32.2. The van der Waals surface area contributed by atoms with E-state index in [4.69, 9.17) is 14.9 Å². The van der Waals surface area contributed by atoms with Crippen LogP contribution in [0.2, 0.25) is 0 Å². The first kappa shape index (κ1) is 28.0. The maximum atomic E-state index is 14.6. The zero-order chi connectivity index (χ0) is 28.4. The van der Waals surface area contributed by atoms with Gasteiger partial charge >= 0.3 is 0 Å². The Morgan fingerprint density at radius 1 is 1.20 bits per heavy atom. The molecule has 5 rings (SSSR count). The summed E-state index contributed by atoms with van der Waals surface area (Å²) in [4.78, 5) is 4.46. The smallest absolute Gasteiger partial charge is 0.175 e. The van der Waals surface area contributed by atoms with Gasteiger partial charge in [0.05, 0.1) is 48.0 Å². The molecule has 0 radical (unpaired) electrons.